The van der Waals surface area contributed by atoms with Gasteiger partial charge in [0, 0.05) is 23.4 Å². The molecule has 0 unspecified atom stereocenters. The lowest BCUT2D eigenvalue weighted by Gasteiger charge is -2.18. The number of para-hydroxylation sites is 1. The minimum Gasteiger partial charge on any atom is -0.448 e. The van der Waals surface area contributed by atoms with Crippen molar-refractivity contribution in [2.75, 3.05) is 6.54 Å². The molecule has 0 spiro atoms. The average molecular weight is 364 g/mol. The maximum absolute atomic E-state index is 12.3. The molecule has 0 fully saturated rings. The number of aromatic nitrogens is 1. The van der Waals surface area contributed by atoms with E-state index in [1.54, 1.807) is 13.0 Å². The third-order valence-corrected chi connectivity index (χ3v) is 4.69. The molecule has 1 heterocycles. The summed E-state index contributed by atoms with van der Waals surface area (Å²) in [7, 11) is 0. The van der Waals surface area contributed by atoms with Gasteiger partial charge in [0.25, 0.3) is 5.91 Å². The van der Waals surface area contributed by atoms with E-state index in [1.807, 2.05) is 42.5 Å². The number of hydrogen-bond donors (Lipinski definition) is 2. The Hall–Kier alpha value is -3.08. The molecule has 0 aliphatic carbocycles. The van der Waals surface area contributed by atoms with E-state index in [0.717, 1.165) is 17.3 Å². The summed E-state index contributed by atoms with van der Waals surface area (Å²) in [5, 5.41) is 3.82. The lowest BCUT2D eigenvalue weighted by molar-refractivity contribution is -0.129. The van der Waals surface area contributed by atoms with E-state index >= 15 is 0 Å². The summed E-state index contributed by atoms with van der Waals surface area (Å²) in [6, 6.07) is 19.4. The predicted octanol–water partition coefficient (Wildman–Crippen LogP) is 4.02. The largest absolute Gasteiger partial charge is 0.448 e. The van der Waals surface area contributed by atoms with E-state index in [9.17, 15) is 9.59 Å². The normalized spacial score (nSPS) is 13.1. The van der Waals surface area contributed by atoms with Gasteiger partial charge in [-0.3, -0.25) is 4.79 Å². The second-order valence-electron chi connectivity index (χ2n) is 6.58. The molecule has 5 nitrogen and oxygen atoms in total. The molecule has 1 aromatic heterocycles. The van der Waals surface area contributed by atoms with Crippen LogP contribution in [-0.4, -0.2) is 29.5 Å². The van der Waals surface area contributed by atoms with Gasteiger partial charge in [0.2, 0.25) is 0 Å². The number of amides is 1. The van der Waals surface area contributed by atoms with Gasteiger partial charge in [-0.2, -0.15) is 0 Å². The number of hydrogen-bond acceptors (Lipinski definition) is 3. The van der Waals surface area contributed by atoms with Crippen molar-refractivity contribution in [1.82, 2.24) is 10.3 Å². The zero-order chi connectivity index (χ0) is 19.2. The van der Waals surface area contributed by atoms with Gasteiger partial charge in [0.1, 0.15) is 5.69 Å². The van der Waals surface area contributed by atoms with E-state index in [-0.39, 0.29) is 11.8 Å². The Morgan fingerprint density at radius 2 is 1.78 bits per heavy atom. The van der Waals surface area contributed by atoms with E-state index < -0.39 is 12.1 Å². The standard InChI is InChI=1S/C22H24N2O3/c1-3-16(17-9-5-4-6-10-17)14-23-21(25)15(2)27-22(26)20-13-18-11-7-8-12-19(18)24-20/h4-13,15-16,24H,3,14H2,1-2H3,(H,23,25)/t15-,16+/m1/s1. The van der Waals surface area contributed by atoms with E-state index in [2.05, 4.69) is 29.4 Å². The second-order valence-corrected chi connectivity index (χ2v) is 6.58. The van der Waals surface area contributed by atoms with Crippen LogP contribution >= 0.6 is 0 Å². The highest BCUT2D eigenvalue weighted by molar-refractivity contribution is 5.96. The van der Waals surface area contributed by atoms with Crippen LogP contribution in [0.15, 0.2) is 60.7 Å². The molecule has 140 valence electrons. The fourth-order valence-electron chi connectivity index (χ4n) is 3.05. The van der Waals surface area contributed by atoms with Crippen molar-refractivity contribution in [3.05, 3.63) is 71.9 Å². The summed E-state index contributed by atoms with van der Waals surface area (Å²) in [5.74, 6) is -0.607. The molecule has 2 atom stereocenters. The van der Waals surface area contributed by atoms with Crippen LogP contribution in [0.4, 0.5) is 0 Å². The van der Waals surface area contributed by atoms with Crippen molar-refractivity contribution in [2.24, 2.45) is 0 Å². The van der Waals surface area contributed by atoms with Gasteiger partial charge in [-0.05, 0) is 31.0 Å². The van der Waals surface area contributed by atoms with E-state index in [1.165, 1.54) is 5.56 Å². The van der Waals surface area contributed by atoms with Crippen LogP contribution in [0, 0.1) is 0 Å². The first-order chi connectivity index (χ1) is 13.1. The first kappa shape index (κ1) is 18.7. The molecule has 3 aromatic rings. The number of aromatic amines is 1. The Morgan fingerprint density at radius 3 is 2.48 bits per heavy atom. The Bertz CT molecular complexity index is 884. The molecule has 0 saturated carbocycles. The highest BCUT2D eigenvalue weighted by Crippen LogP contribution is 2.18. The molecular weight excluding hydrogens is 340 g/mol. The smallest absolute Gasteiger partial charge is 0.355 e. The number of ether oxygens (including phenoxy) is 1. The minimum absolute atomic E-state index is 0.228. The maximum Gasteiger partial charge on any atom is 0.355 e. The molecule has 2 aromatic carbocycles. The summed E-state index contributed by atoms with van der Waals surface area (Å²) in [5.41, 5.74) is 2.38. The van der Waals surface area contributed by atoms with Gasteiger partial charge < -0.3 is 15.0 Å². The minimum atomic E-state index is -0.864. The van der Waals surface area contributed by atoms with Crippen LogP contribution in [0.5, 0.6) is 0 Å². The average Bonchev–Trinajstić information content (AvgIpc) is 3.13. The van der Waals surface area contributed by atoms with Crippen LogP contribution in [0.2, 0.25) is 0 Å². The lowest BCUT2D eigenvalue weighted by Crippen LogP contribution is -2.38. The summed E-state index contributed by atoms with van der Waals surface area (Å²) in [6.45, 7) is 4.18. The Kier molecular flexibility index (Phi) is 5.91. The van der Waals surface area contributed by atoms with Gasteiger partial charge in [-0.1, -0.05) is 55.5 Å². The number of H-pyrrole nitrogens is 1. The van der Waals surface area contributed by atoms with Gasteiger partial charge in [0.15, 0.2) is 6.10 Å². The zero-order valence-corrected chi connectivity index (χ0v) is 15.6. The van der Waals surface area contributed by atoms with Gasteiger partial charge in [0.05, 0.1) is 0 Å². The van der Waals surface area contributed by atoms with Crippen molar-refractivity contribution in [1.29, 1.82) is 0 Å². The first-order valence-corrected chi connectivity index (χ1v) is 9.20. The second kappa shape index (κ2) is 8.54. The van der Waals surface area contributed by atoms with Crippen LogP contribution in [0.1, 0.15) is 42.2 Å². The van der Waals surface area contributed by atoms with Crippen LogP contribution in [0.3, 0.4) is 0 Å². The molecule has 5 heteroatoms. The number of benzene rings is 2. The Labute approximate surface area is 158 Å². The molecule has 0 aliphatic rings. The zero-order valence-electron chi connectivity index (χ0n) is 15.6. The number of rotatable bonds is 7. The number of carbonyl (C=O) groups is 2. The monoisotopic (exact) mass is 364 g/mol. The summed E-state index contributed by atoms with van der Waals surface area (Å²) in [4.78, 5) is 27.7. The van der Waals surface area contributed by atoms with Gasteiger partial charge >= 0.3 is 5.97 Å². The van der Waals surface area contributed by atoms with Gasteiger partial charge in [-0.15, -0.1) is 0 Å². The fourth-order valence-corrected chi connectivity index (χ4v) is 3.05. The molecular formula is C22H24N2O3. The molecule has 0 aliphatic heterocycles. The summed E-state index contributed by atoms with van der Waals surface area (Å²) >= 11 is 0. The summed E-state index contributed by atoms with van der Waals surface area (Å²) < 4.78 is 5.32. The van der Waals surface area contributed by atoms with Crippen molar-refractivity contribution in [3.63, 3.8) is 0 Å². The van der Waals surface area contributed by atoms with Crippen molar-refractivity contribution in [2.45, 2.75) is 32.3 Å². The predicted molar refractivity (Wildman–Crippen MR) is 106 cm³/mol. The van der Waals surface area contributed by atoms with Crippen LogP contribution < -0.4 is 5.32 Å². The third-order valence-electron chi connectivity index (χ3n) is 4.69. The molecule has 2 N–H and O–H groups in total. The van der Waals surface area contributed by atoms with E-state index in [4.69, 9.17) is 4.74 Å². The molecule has 3 rings (SSSR count). The fraction of sp³-hybridized carbons (Fsp3) is 0.273. The number of carbonyl (C=O) groups excluding carboxylic acids is 2. The first-order valence-electron chi connectivity index (χ1n) is 9.20. The van der Waals surface area contributed by atoms with Crippen molar-refractivity contribution in [3.8, 4) is 0 Å². The molecule has 1 amide bonds. The Morgan fingerprint density at radius 1 is 1.07 bits per heavy atom. The molecule has 27 heavy (non-hydrogen) atoms. The number of nitrogens with one attached hydrogen (secondary N) is 2. The highest BCUT2D eigenvalue weighted by atomic mass is 16.5. The summed E-state index contributed by atoms with van der Waals surface area (Å²) in [6.07, 6.45) is 0.0465. The molecule has 0 bridgehead atoms. The lowest BCUT2D eigenvalue weighted by atomic mass is 9.96. The van der Waals surface area contributed by atoms with Crippen LogP contribution in [-0.2, 0) is 9.53 Å². The maximum atomic E-state index is 12.3. The Balaban J connectivity index is 1.56. The third kappa shape index (κ3) is 4.56. The SMILES string of the molecule is CC[C@@H](CNC(=O)[C@@H](C)OC(=O)c1cc2ccccc2[nH]1)c1ccccc1. The van der Waals surface area contributed by atoms with Crippen molar-refractivity contribution < 1.29 is 14.3 Å². The van der Waals surface area contributed by atoms with Gasteiger partial charge in [-0.25, -0.2) is 4.79 Å². The molecule has 0 saturated heterocycles. The van der Waals surface area contributed by atoms with Crippen LogP contribution in [0.25, 0.3) is 10.9 Å². The number of fused-ring (bicyclic) bond motifs is 1. The van der Waals surface area contributed by atoms with Crippen molar-refractivity contribution >= 4 is 22.8 Å². The topological polar surface area (TPSA) is 71.2 Å². The molecule has 0 radical (unpaired) electrons. The number of esters is 1. The quantitative estimate of drug-likeness (QED) is 0.622. The van der Waals surface area contributed by atoms with E-state index in [0.29, 0.717) is 12.2 Å². The highest BCUT2D eigenvalue weighted by Gasteiger charge is 2.21.